The van der Waals surface area contributed by atoms with Gasteiger partial charge >= 0.3 is 0 Å². The van der Waals surface area contributed by atoms with E-state index in [9.17, 15) is 9.59 Å². The van der Waals surface area contributed by atoms with E-state index in [0.29, 0.717) is 0 Å². The first-order chi connectivity index (χ1) is 18.8. The Morgan fingerprint density at radius 3 is 1.54 bits per heavy atom. The summed E-state index contributed by atoms with van der Waals surface area (Å²) in [6.07, 6.45) is 13.3. The van der Waals surface area contributed by atoms with Crippen LogP contribution in [-0.2, 0) is 9.59 Å². The summed E-state index contributed by atoms with van der Waals surface area (Å²) in [5, 5.41) is 0. The van der Waals surface area contributed by atoms with E-state index < -0.39 is 0 Å². The van der Waals surface area contributed by atoms with Crippen LogP contribution in [0.15, 0.2) is 53.9 Å². The fourth-order valence-electron chi connectivity index (χ4n) is 5.22. The quantitative estimate of drug-likeness (QED) is 0.326. The molecular formula is C37H56N2O2. The molecule has 41 heavy (non-hydrogen) atoms. The summed E-state index contributed by atoms with van der Waals surface area (Å²) >= 11 is 0. The molecule has 3 rings (SSSR count). The molecule has 0 amide bonds. The van der Waals surface area contributed by atoms with Gasteiger partial charge in [-0.2, -0.15) is 0 Å². The molecule has 0 radical (unpaired) electrons. The zero-order valence-corrected chi connectivity index (χ0v) is 28.2. The Morgan fingerprint density at radius 2 is 1.15 bits per heavy atom. The summed E-state index contributed by atoms with van der Waals surface area (Å²) in [4.78, 5) is 31.1. The van der Waals surface area contributed by atoms with Crippen LogP contribution in [-0.4, -0.2) is 45.5 Å². The second-order valence-corrected chi connectivity index (χ2v) is 14.6. The molecule has 226 valence electrons. The molecule has 1 aromatic carbocycles. The summed E-state index contributed by atoms with van der Waals surface area (Å²) in [7, 11) is 0. The first-order valence-electron chi connectivity index (χ1n) is 15.3. The van der Waals surface area contributed by atoms with Crippen LogP contribution >= 0.6 is 0 Å². The van der Waals surface area contributed by atoms with E-state index in [1.54, 1.807) is 12.2 Å². The smallest absolute Gasteiger partial charge is 0.183 e. The van der Waals surface area contributed by atoms with Gasteiger partial charge in [0, 0.05) is 47.7 Å². The molecule has 0 spiro atoms. The number of hydrogen-bond donors (Lipinski definition) is 0. The number of nitrogens with zero attached hydrogens (tertiary/aromatic N) is 2. The molecular weight excluding hydrogens is 504 g/mol. The van der Waals surface area contributed by atoms with E-state index in [0.717, 1.165) is 53.8 Å². The van der Waals surface area contributed by atoms with Crippen molar-refractivity contribution in [3.8, 4) is 0 Å². The first kappa shape index (κ1) is 34.3. The molecule has 0 bridgehead atoms. The normalized spacial score (nSPS) is 19.0. The zero-order valence-electron chi connectivity index (χ0n) is 28.2. The van der Waals surface area contributed by atoms with Crippen LogP contribution in [0.4, 0.5) is 0 Å². The van der Waals surface area contributed by atoms with Crippen molar-refractivity contribution < 1.29 is 9.59 Å². The van der Waals surface area contributed by atoms with Gasteiger partial charge in [0.25, 0.3) is 0 Å². The highest BCUT2D eigenvalue weighted by Crippen LogP contribution is 2.38. The zero-order chi connectivity index (χ0) is 31.4. The number of allylic oxidation sites excluding steroid dienone is 4. The third kappa shape index (κ3) is 8.80. The number of carbonyl (C=O) groups is 2. The Bertz CT molecular complexity index is 1230. The molecule has 2 aliphatic heterocycles. The van der Waals surface area contributed by atoms with E-state index in [4.69, 9.17) is 0 Å². The molecule has 0 unspecified atom stereocenters. The average Bonchev–Trinajstić information content (AvgIpc) is 2.85. The number of benzene rings is 1. The Labute approximate surface area is 251 Å². The second-order valence-electron chi connectivity index (χ2n) is 14.6. The van der Waals surface area contributed by atoms with Gasteiger partial charge in [-0.25, -0.2) is 0 Å². The summed E-state index contributed by atoms with van der Waals surface area (Å²) in [6, 6.07) is 6.10. The molecule has 4 nitrogen and oxygen atoms in total. The van der Waals surface area contributed by atoms with Crippen LogP contribution in [0.1, 0.15) is 113 Å². The van der Waals surface area contributed by atoms with Gasteiger partial charge in [0.1, 0.15) is 0 Å². The van der Waals surface area contributed by atoms with Crippen molar-refractivity contribution in [2.45, 2.75) is 114 Å². The standard InChI is InChI=1S/C35H50N2O2.C2H6/c1-25-22-26(13-16-30(38)28-23-36(32(2,3)4)20-18-34(28,8)9)12-14-27(25)15-17-31(39)29-24-37(33(5,6)7)21-19-35(29,10)11;1-2/h12-17,22-24H,18-21H2,1-11H3;1-2H3/b16-13+,17-15+;. The molecule has 0 saturated carbocycles. The number of ketones is 2. The molecule has 2 aliphatic rings. The van der Waals surface area contributed by atoms with Gasteiger partial charge in [0.2, 0.25) is 0 Å². The maximum Gasteiger partial charge on any atom is 0.183 e. The molecule has 1 aromatic rings. The molecule has 0 fully saturated rings. The van der Waals surface area contributed by atoms with Gasteiger partial charge in [0.15, 0.2) is 11.6 Å². The predicted octanol–water partition coefficient (Wildman–Crippen LogP) is 9.01. The van der Waals surface area contributed by atoms with E-state index in [2.05, 4.69) is 97.5 Å². The first-order valence-corrected chi connectivity index (χ1v) is 15.3. The summed E-state index contributed by atoms with van der Waals surface area (Å²) in [5.41, 5.74) is 4.45. The van der Waals surface area contributed by atoms with E-state index in [1.165, 1.54) is 0 Å². The number of hydrogen-bond acceptors (Lipinski definition) is 4. The Morgan fingerprint density at radius 1 is 0.732 bits per heavy atom. The third-order valence-electron chi connectivity index (χ3n) is 8.37. The van der Waals surface area contributed by atoms with Gasteiger partial charge in [-0.05, 0) is 101 Å². The highest BCUT2D eigenvalue weighted by atomic mass is 16.1. The van der Waals surface area contributed by atoms with Crippen molar-refractivity contribution in [3.63, 3.8) is 0 Å². The minimum atomic E-state index is -0.147. The monoisotopic (exact) mass is 560 g/mol. The van der Waals surface area contributed by atoms with Crippen LogP contribution in [0.25, 0.3) is 12.2 Å². The Hall–Kier alpha value is -2.88. The molecule has 0 saturated heterocycles. The van der Waals surface area contributed by atoms with Crippen molar-refractivity contribution in [1.29, 1.82) is 0 Å². The minimum Gasteiger partial charge on any atom is -0.372 e. The topological polar surface area (TPSA) is 40.6 Å². The number of carbonyl (C=O) groups excluding carboxylic acids is 2. The largest absolute Gasteiger partial charge is 0.372 e. The average molecular weight is 561 g/mol. The molecule has 0 atom stereocenters. The molecule has 0 N–H and O–H groups in total. The summed E-state index contributed by atoms with van der Waals surface area (Å²) in [6.45, 7) is 29.7. The molecule has 0 aliphatic carbocycles. The lowest BCUT2D eigenvalue weighted by Crippen LogP contribution is -2.44. The van der Waals surface area contributed by atoms with Crippen LogP contribution in [0.5, 0.6) is 0 Å². The van der Waals surface area contributed by atoms with E-state index >= 15 is 0 Å². The Balaban J connectivity index is 0.00000287. The van der Waals surface area contributed by atoms with Crippen LogP contribution in [0.2, 0.25) is 0 Å². The fraction of sp³-hybridized carbons (Fsp3) is 0.568. The molecule has 2 heterocycles. The number of aryl methyl sites for hydroxylation is 1. The highest BCUT2D eigenvalue weighted by Gasteiger charge is 2.36. The molecule has 0 aromatic heterocycles. The summed E-state index contributed by atoms with van der Waals surface area (Å²) in [5.74, 6) is 0.129. The SMILES string of the molecule is CC.Cc1cc(/C=C/C(=O)C2=CN(C(C)(C)C)CCC2(C)C)ccc1/C=C/C(=O)C1=CN(C(C)(C)C)CCC1(C)C. The van der Waals surface area contributed by atoms with Crippen molar-refractivity contribution in [3.05, 3.63) is 70.6 Å². The van der Waals surface area contributed by atoms with Gasteiger partial charge in [-0.3, -0.25) is 9.59 Å². The van der Waals surface area contributed by atoms with Crippen LogP contribution in [0.3, 0.4) is 0 Å². The highest BCUT2D eigenvalue weighted by molar-refractivity contribution is 6.08. The van der Waals surface area contributed by atoms with Crippen LogP contribution < -0.4 is 0 Å². The minimum absolute atomic E-state index is 0.0111. The summed E-state index contributed by atoms with van der Waals surface area (Å²) < 4.78 is 0. The maximum absolute atomic E-state index is 13.3. The third-order valence-corrected chi connectivity index (χ3v) is 8.37. The van der Waals surface area contributed by atoms with Gasteiger partial charge in [0.05, 0.1) is 0 Å². The second kappa shape index (κ2) is 13.0. The van der Waals surface area contributed by atoms with Crippen LogP contribution in [0, 0.1) is 17.8 Å². The Kier molecular flexibility index (Phi) is 10.9. The van der Waals surface area contributed by atoms with Gasteiger partial charge < -0.3 is 9.80 Å². The fourth-order valence-corrected chi connectivity index (χ4v) is 5.22. The predicted molar refractivity (Wildman–Crippen MR) is 176 cm³/mol. The van der Waals surface area contributed by atoms with Gasteiger partial charge in [-0.15, -0.1) is 0 Å². The van der Waals surface area contributed by atoms with Gasteiger partial charge in [-0.1, -0.05) is 71.9 Å². The lowest BCUT2D eigenvalue weighted by Gasteiger charge is -2.43. The van der Waals surface area contributed by atoms with E-state index in [1.807, 2.05) is 45.1 Å². The lowest BCUT2D eigenvalue weighted by molar-refractivity contribution is -0.113. The van der Waals surface area contributed by atoms with E-state index in [-0.39, 0.29) is 33.5 Å². The van der Waals surface area contributed by atoms with Crippen molar-refractivity contribution in [2.24, 2.45) is 10.8 Å². The maximum atomic E-state index is 13.3. The lowest BCUT2D eigenvalue weighted by atomic mass is 9.76. The number of rotatable bonds is 6. The van der Waals surface area contributed by atoms with Crippen molar-refractivity contribution in [2.75, 3.05) is 13.1 Å². The molecule has 4 heteroatoms. The van der Waals surface area contributed by atoms with Crippen molar-refractivity contribution in [1.82, 2.24) is 9.80 Å². The van der Waals surface area contributed by atoms with Crippen molar-refractivity contribution >= 4 is 23.7 Å².